The number of ether oxygens (including phenoxy) is 2. The second-order valence-corrected chi connectivity index (χ2v) is 5.70. The van der Waals surface area contributed by atoms with Crippen molar-refractivity contribution in [3.8, 4) is 11.5 Å². The zero-order chi connectivity index (χ0) is 14.8. The van der Waals surface area contributed by atoms with Crippen molar-refractivity contribution in [3.63, 3.8) is 0 Å². The lowest BCUT2D eigenvalue weighted by molar-refractivity contribution is 0.172. The molecule has 0 spiro atoms. The number of hydrogen-bond acceptors (Lipinski definition) is 4. The third kappa shape index (κ3) is 2.75. The molecule has 2 atom stereocenters. The highest BCUT2D eigenvalue weighted by atomic mass is 16.6. The summed E-state index contributed by atoms with van der Waals surface area (Å²) in [7, 11) is 0. The molecule has 2 aromatic rings. The Morgan fingerprint density at radius 3 is 2.62 bits per heavy atom. The molecule has 0 fully saturated rings. The first-order valence-corrected chi connectivity index (χ1v) is 7.64. The van der Waals surface area contributed by atoms with E-state index in [4.69, 9.17) is 9.47 Å². The van der Waals surface area contributed by atoms with Crippen LogP contribution < -0.4 is 14.8 Å². The molecule has 1 aromatic carbocycles. The first-order valence-electron chi connectivity index (χ1n) is 7.64. The summed E-state index contributed by atoms with van der Waals surface area (Å²) in [6.07, 6.45) is 2.98. The van der Waals surface area contributed by atoms with Gasteiger partial charge in [0.05, 0.1) is 0 Å². The summed E-state index contributed by atoms with van der Waals surface area (Å²) in [5, 5.41) is 5.73. The van der Waals surface area contributed by atoms with Gasteiger partial charge in [-0.1, -0.05) is 20.3 Å². The molecule has 4 heteroatoms. The van der Waals surface area contributed by atoms with Crippen LogP contribution in [0.2, 0.25) is 0 Å². The molecule has 0 saturated heterocycles. The van der Waals surface area contributed by atoms with Gasteiger partial charge in [-0.3, -0.25) is 0 Å². The van der Waals surface area contributed by atoms with E-state index < -0.39 is 0 Å². The monoisotopic (exact) mass is 286 g/mol. The number of fused-ring (bicyclic) bond motifs is 2. The van der Waals surface area contributed by atoms with Crippen molar-refractivity contribution in [1.29, 1.82) is 0 Å². The molecule has 3 rings (SSSR count). The number of anilines is 1. The molecule has 0 aliphatic carbocycles. The van der Waals surface area contributed by atoms with Gasteiger partial charge in [-0.2, -0.15) is 0 Å². The van der Waals surface area contributed by atoms with E-state index in [-0.39, 0.29) is 0 Å². The molecule has 0 bridgehead atoms. The Morgan fingerprint density at radius 1 is 1.19 bits per heavy atom. The molecule has 1 aliphatic heterocycles. The van der Waals surface area contributed by atoms with Gasteiger partial charge in [-0.05, 0) is 36.4 Å². The second kappa shape index (κ2) is 5.80. The van der Waals surface area contributed by atoms with E-state index in [1.807, 2.05) is 24.4 Å². The Labute approximate surface area is 125 Å². The van der Waals surface area contributed by atoms with Crippen LogP contribution in [0.5, 0.6) is 11.5 Å². The SMILES string of the molecule is CCC(C)C(C)Nc1nccc2cc3c(cc12)OCCO3. The highest BCUT2D eigenvalue weighted by molar-refractivity contribution is 5.94. The number of nitrogens with zero attached hydrogens (tertiary/aromatic N) is 1. The number of hydrogen-bond donors (Lipinski definition) is 1. The van der Waals surface area contributed by atoms with E-state index in [0.717, 1.165) is 34.5 Å². The minimum Gasteiger partial charge on any atom is -0.486 e. The lowest BCUT2D eigenvalue weighted by Crippen LogP contribution is -2.24. The molecule has 1 N–H and O–H groups in total. The van der Waals surface area contributed by atoms with Gasteiger partial charge < -0.3 is 14.8 Å². The van der Waals surface area contributed by atoms with Crippen LogP contribution in [0.1, 0.15) is 27.2 Å². The predicted molar refractivity (Wildman–Crippen MR) is 85.3 cm³/mol. The fraction of sp³-hybridized carbons (Fsp3) is 0.471. The first-order chi connectivity index (χ1) is 10.2. The highest BCUT2D eigenvalue weighted by Crippen LogP contribution is 2.36. The molecule has 0 radical (unpaired) electrons. The van der Waals surface area contributed by atoms with E-state index >= 15 is 0 Å². The van der Waals surface area contributed by atoms with Crippen LogP contribution in [0.25, 0.3) is 10.8 Å². The molecule has 2 unspecified atom stereocenters. The standard InChI is InChI=1S/C17H22N2O2/c1-4-11(2)12(3)19-17-14-10-16-15(20-7-8-21-16)9-13(14)5-6-18-17/h5-6,9-12H,4,7-8H2,1-3H3,(H,18,19). The van der Waals surface area contributed by atoms with Crippen molar-refractivity contribution < 1.29 is 9.47 Å². The number of nitrogens with one attached hydrogen (secondary N) is 1. The zero-order valence-electron chi connectivity index (χ0n) is 12.8. The maximum atomic E-state index is 5.68. The number of aromatic nitrogens is 1. The Balaban J connectivity index is 1.99. The first kappa shape index (κ1) is 14.0. The summed E-state index contributed by atoms with van der Waals surface area (Å²) in [6, 6.07) is 6.45. The van der Waals surface area contributed by atoms with Crippen LogP contribution in [-0.4, -0.2) is 24.2 Å². The summed E-state index contributed by atoms with van der Waals surface area (Å²) in [4.78, 5) is 4.50. The molecule has 4 nitrogen and oxygen atoms in total. The van der Waals surface area contributed by atoms with E-state index in [1.54, 1.807) is 0 Å². The lowest BCUT2D eigenvalue weighted by atomic mass is 10.0. The van der Waals surface area contributed by atoms with Crippen molar-refractivity contribution in [3.05, 3.63) is 24.4 Å². The van der Waals surface area contributed by atoms with Gasteiger partial charge >= 0.3 is 0 Å². The fourth-order valence-electron chi connectivity index (χ4n) is 2.54. The van der Waals surface area contributed by atoms with Crippen molar-refractivity contribution in [2.24, 2.45) is 5.92 Å². The molecule has 1 aromatic heterocycles. The number of pyridine rings is 1. The van der Waals surface area contributed by atoms with Gasteiger partial charge in [0, 0.05) is 17.6 Å². The largest absolute Gasteiger partial charge is 0.486 e. The van der Waals surface area contributed by atoms with Gasteiger partial charge in [-0.25, -0.2) is 4.98 Å². The lowest BCUT2D eigenvalue weighted by Gasteiger charge is -2.23. The van der Waals surface area contributed by atoms with E-state index in [1.165, 1.54) is 0 Å². The normalized spacial score (nSPS) is 16.5. The molecule has 2 heterocycles. The van der Waals surface area contributed by atoms with Crippen LogP contribution in [0, 0.1) is 5.92 Å². The molecule has 0 amide bonds. The van der Waals surface area contributed by atoms with Crippen molar-refractivity contribution in [2.75, 3.05) is 18.5 Å². The van der Waals surface area contributed by atoms with Crippen molar-refractivity contribution in [1.82, 2.24) is 4.98 Å². The average Bonchev–Trinajstić information content (AvgIpc) is 2.52. The summed E-state index contributed by atoms with van der Waals surface area (Å²) < 4.78 is 11.3. The van der Waals surface area contributed by atoms with Crippen molar-refractivity contribution >= 4 is 16.6 Å². The number of rotatable bonds is 4. The van der Waals surface area contributed by atoms with Gasteiger partial charge in [-0.15, -0.1) is 0 Å². The Hall–Kier alpha value is -1.97. The van der Waals surface area contributed by atoms with Crippen LogP contribution in [0.4, 0.5) is 5.82 Å². The molecular formula is C17H22N2O2. The van der Waals surface area contributed by atoms with Gasteiger partial charge in [0.2, 0.25) is 0 Å². The third-order valence-corrected chi connectivity index (χ3v) is 4.29. The fourth-order valence-corrected chi connectivity index (χ4v) is 2.54. The molecule has 1 aliphatic rings. The van der Waals surface area contributed by atoms with E-state index in [0.29, 0.717) is 25.2 Å². The Morgan fingerprint density at radius 2 is 1.90 bits per heavy atom. The molecule has 21 heavy (non-hydrogen) atoms. The number of benzene rings is 1. The van der Waals surface area contributed by atoms with E-state index in [9.17, 15) is 0 Å². The topological polar surface area (TPSA) is 43.4 Å². The Bertz CT molecular complexity index is 642. The zero-order valence-corrected chi connectivity index (χ0v) is 12.8. The van der Waals surface area contributed by atoms with Crippen LogP contribution in [0.3, 0.4) is 0 Å². The van der Waals surface area contributed by atoms with Gasteiger partial charge in [0.15, 0.2) is 11.5 Å². The summed E-state index contributed by atoms with van der Waals surface area (Å²) in [5.41, 5.74) is 0. The summed E-state index contributed by atoms with van der Waals surface area (Å²) in [6.45, 7) is 7.87. The summed E-state index contributed by atoms with van der Waals surface area (Å²) in [5.74, 6) is 3.14. The average molecular weight is 286 g/mol. The summed E-state index contributed by atoms with van der Waals surface area (Å²) >= 11 is 0. The minimum absolute atomic E-state index is 0.376. The second-order valence-electron chi connectivity index (χ2n) is 5.70. The quantitative estimate of drug-likeness (QED) is 0.927. The van der Waals surface area contributed by atoms with Crippen molar-refractivity contribution in [2.45, 2.75) is 33.2 Å². The van der Waals surface area contributed by atoms with E-state index in [2.05, 4.69) is 31.1 Å². The Kier molecular flexibility index (Phi) is 3.86. The maximum Gasteiger partial charge on any atom is 0.162 e. The van der Waals surface area contributed by atoms with Crippen LogP contribution in [0.15, 0.2) is 24.4 Å². The van der Waals surface area contributed by atoms with Gasteiger partial charge in [0.25, 0.3) is 0 Å². The molecular weight excluding hydrogens is 264 g/mol. The minimum atomic E-state index is 0.376. The third-order valence-electron chi connectivity index (χ3n) is 4.29. The smallest absolute Gasteiger partial charge is 0.162 e. The molecule has 0 saturated carbocycles. The predicted octanol–water partition coefficient (Wildman–Crippen LogP) is 3.85. The highest BCUT2D eigenvalue weighted by Gasteiger charge is 2.16. The van der Waals surface area contributed by atoms with Gasteiger partial charge in [0.1, 0.15) is 19.0 Å². The van der Waals surface area contributed by atoms with Crippen LogP contribution >= 0.6 is 0 Å². The maximum absolute atomic E-state index is 5.68. The molecule has 112 valence electrons. The van der Waals surface area contributed by atoms with Crippen LogP contribution in [-0.2, 0) is 0 Å².